The first kappa shape index (κ1) is 30.5. The summed E-state index contributed by atoms with van der Waals surface area (Å²) in [6.45, 7) is 3.92. The zero-order valence-electron chi connectivity index (χ0n) is 21.5. The lowest BCUT2D eigenvalue weighted by molar-refractivity contribution is -0.0124. The summed E-state index contributed by atoms with van der Waals surface area (Å²) < 4.78 is 6.03. The van der Waals surface area contributed by atoms with E-state index in [0.717, 1.165) is 49.1 Å². The molecule has 0 amide bonds. The Morgan fingerprint density at radius 1 is 0.842 bits per heavy atom. The van der Waals surface area contributed by atoms with E-state index in [2.05, 4.69) is 69.4 Å². The highest BCUT2D eigenvalue weighted by Gasteiger charge is 2.34. The number of aromatic amines is 1. The average Bonchev–Trinajstić information content (AvgIpc) is 3.34. The second-order valence-corrected chi connectivity index (χ2v) is 9.98. The highest BCUT2D eigenvalue weighted by Crippen LogP contribution is 2.27. The Labute approximate surface area is 246 Å². The van der Waals surface area contributed by atoms with Gasteiger partial charge in [-0.05, 0) is 53.4 Å². The number of nitrogens with one attached hydrogen (secondary N) is 1. The van der Waals surface area contributed by atoms with E-state index in [-0.39, 0.29) is 40.5 Å². The van der Waals surface area contributed by atoms with Crippen LogP contribution in [0.2, 0.25) is 0 Å². The number of piperazine rings is 1. The second kappa shape index (κ2) is 13.8. The molecule has 0 spiro atoms. The van der Waals surface area contributed by atoms with Gasteiger partial charge < -0.3 is 14.8 Å². The number of H-pyrrole nitrogens is 1. The summed E-state index contributed by atoms with van der Waals surface area (Å²) in [7, 11) is 0. The molecule has 7 rings (SSSR count). The molecule has 5 nitrogen and oxygen atoms in total. The van der Waals surface area contributed by atoms with Crippen LogP contribution in [-0.4, -0.2) is 64.3 Å². The summed E-state index contributed by atoms with van der Waals surface area (Å²) in [5, 5.41) is 14.5. The van der Waals surface area contributed by atoms with Gasteiger partial charge in [0, 0.05) is 55.4 Å². The molecule has 1 aromatic heterocycles. The molecule has 0 saturated carbocycles. The summed E-state index contributed by atoms with van der Waals surface area (Å²) in [4.78, 5) is 8.34. The second-order valence-electron chi connectivity index (χ2n) is 9.98. The van der Waals surface area contributed by atoms with Crippen molar-refractivity contribution in [2.75, 3.05) is 26.2 Å². The molecule has 4 heterocycles. The third-order valence-electron chi connectivity index (χ3n) is 7.54. The lowest BCUT2D eigenvalue weighted by atomic mass is 9.96. The van der Waals surface area contributed by atoms with Gasteiger partial charge in [-0.15, -0.1) is 0 Å². The molecule has 3 aliphatic rings. The number of fused-ring (bicyclic) bond motifs is 6. The number of aromatic nitrogens is 1. The Kier molecular flexibility index (Phi) is 11.1. The first-order valence-corrected chi connectivity index (χ1v) is 12.7. The molecule has 8 heteroatoms. The Hall–Kier alpha value is -2.07. The highest BCUT2D eigenvalue weighted by molar-refractivity contribution is 7.59. The Morgan fingerprint density at radius 2 is 1.58 bits per heavy atom. The van der Waals surface area contributed by atoms with Gasteiger partial charge in [-0.2, -0.15) is 40.5 Å². The first-order valence-electron chi connectivity index (χ1n) is 12.7. The summed E-state index contributed by atoms with van der Waals surface area (Å²) in [5.74, 6) is 0.821. The molecular weight excluding hydrogens is 531 g/mol. The van der Waals surface area contributed by atoms with Gasteiger partial charge in [-0.1, -0.05) is 54.6 Å². The van der Waals surface area contributed by atoms with Crippen molar-refractivity contribution in [3.63, 3.8) is 0 Å². The van der Waals surface area contributed by atoms with E-state index >= 15 is 0 Å². The van der Waals surface area contributed by atoms with Crippen LogP contribution in [0.3, 0.4) is 0 Å². The van der Waals surface area contributed by atoms with Crippen molar-refractivity contribution in [2.45, 2.75) is 37.6 Å². The minimum Gasteiger partial charge on any atom is -0.490 e. The van der Waals surface area contributed by atoms with Crippen molar-refractivity contribution in [1.82, 2.24) is 14.8 Å². The molecule has 2 bridgehead atoms. The minimum atomic E-state index is -0.525. The minimum absolute atomic E-state index is 0. The van der Waals surface area contributed by atoms with Crippen molar-refractivity contribution < 1.29 is 9.84 Å². The Balaban J connectivity index is 0.00000133. The predicted molar refractivity (Wildman–Crippen MR) is 173 cm³/mol. The molecule has 38 heavy (non-hydrogen) atoms. The van der Waals surface area contributed by atoms with Crippen LogP contribution in [0.1, 0.15) is 18.4 Å². The Bertz CT molecular complexity index is 1340. The summed E-state index contributed by atoms with van der Waals surface area (Å²) >= 11 is 0. The number of hydrogen-bond donors (Lipinski definition) is 2. The van der Waals surface area contributed by atoms with Crippen molar-refractivity contribution in [1.29, 1.82) is 0 Å². The number of rotatable bonds is 7. The summed E-state index contributed by atoms with van der Waals surface area (Å²) in [6.07, 6.45) is 8.14. The Morgan fingerprint density at radius 3 is 2.39 bits per heavy atom. The van der Waals surface area contributed by atoms with Gasteiger partial charge in [0.05, 0.1) is 0 Å². The maximum Gasteiger partial charge on any atom is 0.128 e. The van der Waals surface area contributed by atoms with Gasteiger partial charge >= 0.3 is 0 Å². The summed E-state index contributed by atoms with van der Waals surface area (Å²) in [6, 6.07) is 24.3. The molecule has 3 aliphatic heterocycles. The lowest BCUT2D eigenvalue weighted by Crippen LogP contribution is -2.59. The number of ether oxygens (including phenoxy) is 1. The van der Waals surface area contributed by atoms with Gasteiger partial charge in [0.25, 0.3) is 0 Å². The van der Waals surface area contributed by atoms with Gasteiger partial charge in [0.15, 0.2) is 0 Å². The highest BCUT2D eigenvalue weighted by atomic mass is 32.1. The van der Waals surface area contributed by atoms with E-state index in [0.29, 0.717) is 25.2 Å². The number of hydrogen-bond acceptors (Lipinski definition) is 4. The van der Waals surface area contributed by atoms with E-state index in [4.69, 9.17) is 4.74 Å². The van der Waals surface area contributed by atoms with E-state index in [1.807, 2.05) is 30.5 Å². The average molecular weight is 570 g/mol. The van der Waals surface area contributed by atoms with E-state index < -0.39 is 6.10 Å². The van der Waals surface area contributed by atoms with E-state index in [1.165, 1.54) is 16.3 Å². The molecule has 0 radical (unpaired) electrons. The van der Waals surface area contributed by atoms with Crippen molar-refractivity contribution in [3.8, 4) is 5.75 Å². The smallest absolute Gasteiger partial charge is 0.128 e. The van der Waals surface area contributed by atoms with E-state index in [1.54, 1.807) is 0 Å². The summed E-state index contributed by atoms with van der Waals surface area (Å²) in [5.41, 5.74) is 2.43. The van der Waals surface area contributed by atoms with Crippen molar-refractivity contribution in [3.05, 3.63) is 90.6 Å². The van der Waals surface area contributed by atoms with Gasteiger partial charge in [-0.3, -0.25) is 9.80 Å². The fourth-order valence-corrected chi connectivity index (χ4v) is 5.71. The van der Waals surface area contributed by atoms with Crippen LogP contribution in [0, 0.1) is 0 Å². The van der Waals surface area contributed by atoms with Gasteiger partial charge in [0.1, 0.15) is 18.5 Å². The topological polar surface area (TPSA) is 51.7 Å². The van der Waals surface area contributed by atoms with Crippen LogP contribution < -0.4 is 4.74 Å². The molecule has 1 fully saturated rings. The largest absolute Gasteiger partial charge is 0.490 e. The monoisotopic (exact) mass is 569 g/mol. The van der Waals surface area contributed by atoms with Gasteiger partial charge in [0.2, 0.25) is 0 Å². The first-order chi connectivity index (χ1) is 17.2. The normalized spacial score (nSPS) is 21.0. The van der Waals surface area contributed by atoms with Crippen LogP contribution in [0.5, 0.6) is 5.75 Å². The molecule has 4 aromatic rings. The zero-order valence-corrected chi connectivity index (χ0v) is 24.5. The van der Waals surface area contributed by atoms with Gasteiger partial charge in [-0.25, -0.2) is 0 Å². The zero-order chi connectivity index (χ0) is 23.6. The van der Waals surface area contributed by atoms with Crippen molar-refractivity contribution in [2.24, 2.45) is 0 Å². The molecule has 3 atom stereocenters. The van der Waals surface area contributed by atoms with Crippen molar-refractivity contribution >= 4 is 62.2 Å². The standard InChI is InChI=1S/C30H33N3O2.3H2S/c34-27(21-35-30-11-5-10-29-28(30)14-15-31-29)20-33-19-25-8-3-4-9-26(33)18-32(25)17-22-12-13-23-6-1-2-7-24(23)16-22;;;/h1-7,10-16,25-27,31,34H,8-9,17-21H2;3*1H2/b4-3-;;;/t25-,26-,27-;;;/m0.../s1. The maximum atomic E-state index is 10.9. The van der Waals surface area contributed by atoms with Crippen LogP contribution in [0.25, 0.3) is 21.7 Å². The van der Waals surface area contributed by atoms with Crippen LogP contribution in [-0.2, 0) is 6.54 Å². The predicted octanol–water partition coefficient (Wildman–Crippen LogP) is 5.30. The maximum absolute atomic E-state index is 10.9. The fourth-order valence-electron chi connectivity index (χ4n) is 5.71. The number of benzene rings is 3. The third kappa shape index (κ3) is 6.73. The third-order valence-corrected chi connectivity index (χ3v) is 7.54. The lowest BCUT2D eigenvalue weighted by Gasteiger charge is -2.47. The van der Waals surface area contributed by atoms with Crippen LogP contribution in [0.15, 0.2) is 85.1 Å². The van der Waals surface area contributed by atoms with E-state index in [9.17, 15) is 5.11 Å². The molecular formula is C30H39N3O2S3. The number of aliphatic hydroxyl groups is 1. The molecule has 0 unspecified atom stereocenters. The molecule has 3 aromatic carbocycles. The van der Waals surface area contributed by atoms with Crippen LogP contribution >= 0.6 is 40.5 Å². The fraction of sp³-hybridized carbons (Fsp3) is 0.333. The number of aliphatic hydroxyl groups excluding tert-OH is 1. The SMILES string of the molecule is O[C@H](COc1cccc2[nH]ccc12)CN1C[C@@H]2C/C=C\C[C@H]1CN2Cc1ccc2ccccc2c1.S.S.S. The molecule has 1 saturated heterocycles. The van der Waals surface area contributed by atoms with Crippen LogP contribution in [0.4, 0.5) is 0 Å². The quantitative estimate of drug-likeness (QED) is 0.297. The number of nitrogens with zero attached hydrogens (tertiary/aromatic N) is 2. The molecule has 0 aliphatic carbocycles. The molecule has 204 valence electrons. The molecule has 2 N–H and O–H groups in total.